The van der Waals surface area contributed by atoms with Crippen LogP contribution in [0.5, 0.6) is 0 Å². The summed E-state index contributed by atoms with van der Waals surface area (Å²) in [5.41, 5.74) is 7.59. The second-order valence-corrected chi connectivity index (χ2v) is 10.8. The molecule has 3 aliphatic rings. The van der Waals surface area contributed by atoms with E-state index in [9.17, 15) is 9.59 Å². The van der Waals surface area contributed by atoms with E-state index in [0.29, 0.717) is 42.7 Å². The third kappa shape index (κ3) is 4.06. The Kier molecular flexibility index (Phi) is 6.71. The van der Waals surface area contributed by atoms with Gasteiger partial charge in [0.25, 0.3) is 0 Å². The summed E-state index contributed by atoms with van der Waals surface area (Å²) >= 11 is 0. The van der Waals surface area contributed by atoms with E-state index in [1.807, 2.05) is 0 Å². The second kappa shape index (κ2) is 8.64. The predicted octanol–water partition coefficient (Wildman–Crippen LogP) is 4.49. The first-order valence-corrected chi connectivity index (χ1v) is 11.7. The molecule has 0 aromatic rings. The molecule has 0 bridgehead atoms. The fraction of sp³-hybridized carbons (Fsp3) is 0.840. The standard InChI is InChI=1S/C25H41NO4/c1-15-7-9-25(6,19(11-15)14-29-17(3)27)21-8-10-24(5)16(2)23(30-18(4)28)12-22(24)20(21)13-26/h15,19-23H,2,7-14,26H2,1,3-6H3/t15-,19+,20+,21-,22-,23-,24+,25-/m0/s1. The van der Waals surface area contributed by atoms with Gasteiger partial charge in [-0.2, -0.15) is 0 Å². The Labute approximate surface area is 182 Å². The van der Waals surface area contributed by atoms with Crippen LogP contribution < -0.4 is 5.73 Å². The van der Waals surface area contributed by atoms with Crippen molar-refractivity contribution in [1.82, 2.24) is 0 Å². The summed E-state index contributed by atoms with van der Waals surface area (Å²) in [6.45, 7) is 15.5. The van der Waals surface area contributed by atoms with E-state index in [-0.39, 0.29) is 28.9 Å². The van der Waals surface area contributed by atoms with Crippen molar-refractivity contribution in [2.75, 3.05) is 13.2 Å². The molecule has 0 radical (unpaired) electrons. The molecule has 0 unspecified atom stereocenters. The second-order valence-electron chi connectivity index (χ2n) is 10.8. The van der Waals surface area contributed by atoms with Crippen molar-refractivity contribution >= 4 is 11.9 Å². The number of carbonyl (C=O) groups excluding carboxylic acids is 2. The van der Waals surface area contributed by atoms with Crippen molar-refractivity contribution in [3.05, 3.63) is 12.2 Å². The number of hydrogen-bond donors (Lipinski definition) is 1. The highest BCUT2D eigenvalue weighted by Crippen LogP contribution is 2.63. The minimum atomic E-state index is -0.237. The number of esters is 2. The quantitative estimate of drug-likeness (QED) is 0.525. The van der Waals surface area contributed by atoms with E-state index in [2.05, 4.69) is 27.4 Å². The molecule has 3 saturated carbocycles. The molecule has 5 heteroatoms. The van der Waals surface area contributed by atoms with Crippen LogP contribution in [0.2, 0.25) is 0 Å². The van der Waals surface area contributed by atoms with Gasteiger partial charge in [-0.05, 0) is 84.6 Å². The number of carbonyl (C=O) groups is 2. The van der Waals surface area contributed by atoms with E-state index in [4.69, 9.17) is 15.2 Å². The summed E-state index contributed by atoms with van der Waals surface area (Å²) in [6.07, 6.45) is 6.26. The number of hydrogen-bond acceptors (Lipinski definition) is 5. The van der Waals surface area contributed by atoms with Crippen molar-refractivity contribution in [2.45, 2.75) is 79.2 Å². The van der Waals surface area contributed by atoms with Crippen LogP contribution in [0.1, 0.15) is 73.1 Å². The summed E-state index contributed by atoms with van der Waals surface area (Å²) in [6, 6.07) is 0. The minimum Gasteiger partial charge on any atom is -0.466 e. The van der Waals surface area contributed by atoms with Crippen LogP contribution in [-0.2, 0) is 19.1 Å². The van der Waals surface area contributed by atoms with Crippen molar-refractivity contribution < 1.29 is 19.1 Å². The maximum Gasteiger partial charge on any atom is 0.303 e. The molecule has 0 saturated heterocycles. The predicted molar refractivity (Wildman–Crippen MR) is 117 cm³/mol. The molecule has 0 spiro atoms. The van der Waals surface area contributed by atoms with Gasteiger partial charge in [0.15, 0.2) is 0 Å². The van der Waals surface area contributed by atoms with Gasteiger partial charge in [0.1, 0.15) is 6.10 Å². The first kappa shape index (κ1) is 23.3. The minimum absolute atomic E-state index is 0.0235. The van der Waals surface area contributed by atoms with Crippen molar-refractivity contribution in [2.24, 2.45) is 46.2 Å². The molecular weight excluding hydrogens is 378 g/mol. The van der Waals surface area contributed by atoms with E-state index >= 15 is 0 Å². The van der Waals surface area contributed by atoms with Crippen LogP contribution in [-0.4, -0.2) is 31.2 Å². The average Bonchev–Trinajstić information content (AvgIpc) is 2.92. The normalized spacial score (nSPS) is 43.7. The molecule has 0 aromatic heterocycles. The molecule has 3 fully saturated rings. The third-order valence-corrected chi connectivity index (χ3v) is 9.13. The molecule has 2 N–H and O–H groups in total. The van der Waals surface area contributed by atoms with E-state index < -0.39 is 0 Å². The van der Waals surface area contributed by atoms with Crippen LogP contribution in [0.25, 0.3) is 0 Å². The zero-order valence-corrected chi connectivity index (χ0v) is 19.5. The maximum absolute atomic E-state index is 11.6. The van der Waals surface area contributed by atoms with Gasteiger partial charge < -0.3 is 15.2 Å². The number of ether oxygens (including phenoxy) is 2. The molecular formula is C25H41NO4. The monoisotopic (exact) mass is 419 g/mol. The van der Waals surface area contributed by atoms with Gasteiger partial charge in [-0.3, -0.25) is 9.59 Å². The summed E-state index contributed by atoms with van der Waals surface area (Å²) in [4.78, 5) is 23.2. The van der Waals surface area contributed by atoms with Crippen molar-refractivity contribution in [3.8, 4) is 0 Å². The smallest absolute Gasteiger partial charge is 0.303 e. The van der Waals surface area contributed by atoms with E-state index in [1.165, 1.54) is 20.3 Å². The van der Waals surface area contributed by atoms with E-state index in [0.717, 1.165) is 37.7 Å². The summed E-state index contributed by atoms with van der Waals surface area (Å²) in [7, 11) is 0. The highest BCUT2D eigenvalue weighted by Gasteiger charge is 2.59. The van der Waals surface area contributed by atoms with Gasteiger partial charge in [0.05, 0.1) is 6.61 Å². The fourth-order valence-corrected chi connectivity index (χ4v) is 7.25. The Morgan fingerprint density at radius 3 is 2.40 bits per heavy atom. The van der Waals surface area contributed by atoms with Crippen molar-refractivity contribution in [3.63, 3.8) is 0 Å². The lowest BCUT2D eigenvalue weighted by Gasteiger charge is -2.56. The SMILES string of the molecule is C=C1[C@@H](OC(C)=O)C[C@H]2[C@H](CN)[C@@H]([C@@]3(C)CC[C@H](C)C[C@@H]3COC(C)=O)CC[C@]12C. The van der Waals surface area contributed by atoms with Gasteiger partial charge >= 0.3 is 11.9 Å². The first-order chi connectivity index (χ1) is 14.0. The molecule has 0 aliphatic heterocycles. The molecule has 3 aliphatic carbocycles. The lowest BCUT2D eigenvalue weighted by atomic mass is 9.49. The molecule has 0 amide bonds. The molecule has 30 heavy (non-hydrogen) atoms. The number of nitrogens with two attached hydrogens (primary N) is 1. The van der Waals surface area contributed by atoms with Gasteiger partial charge in [0, 0.05) is 13.8 Å². The van der Waals surface area contributed by atoms with Crippen LogP contribution >= 0.6 is 0 Å². The average molecular weight is 420 g/mol. The Bertz CT molecular complexity index is 691. The Balaban J connectivity index is 1.88. The molecule has 0 heterocycles. The van der Waals surface area contributed by atoms with Gasteiger partial charge in [0.2, 0.25) is 0 Å². The van der Waals surface area contributed by atoms with Gasteiger partial charge in [-0.15, -0.1) is 0 Å². The van der Waals surface area contributed by atoms with Gasteiger partial charge in [-0.1, -0.05) is 33.8 Å². The fourth-order valence-electron chi connectivity index (χ4n) is 7.25. The Hall–Kier alpha value is -1.36. The lowest BCUT2D eigenvalue weighted by molar-refractivity contribution is -0.148. The van der Waals surface area contributed by atoms with Gasteiger partial charge in [-0.25, -0.2) is 0 Å². The third-order valence-electron chi connectivity index (χ3n) is 9.13. The summed E-state index contributed by atoms with van der Waals surface area (Å²) in [5.74, 6) is 1.81. The van der Waals surface area contributed by atoms with Crippen LogP contribution in [0, 0.1) is 40.4 Å². The molecule has 0 aromatic carbocycles. The summed E-state index contributed by atoms with van der Waals surface area (Å²) in [5, 5.41) is 0. The van der Waals surface area contributed by atoms with Crippen LogP contribution in [0.15, 0.2) is 12.2 Å². The summed E-state index contributed by atoms with van der Waals surface area (Å²) < 4.78 is 11.2. The van der Waals surface area contributed by atoms with Crippen LogP contribution in [0.4, 0.5) is 0 Å². The molecule has 5 nitrogen and oxygen atoms in total. The molecule has 8 atom stereocenters. The van der Waals surface area contributed by atoms with Crippen molar-refractivity contribution in [1.29, 1.82) is 0 Å². The van der Waals surface area contributed by atoms with Crippen LogP contribution in [0.3, 0.4) is 0 Å². The zero-order chi connectivity index (χ0) is 22.3. The highest BCUT2D eigenvalue weighted by molar-refractivity contribution is 5.66. The maximum atomic E-state index is 11.6. The first-order valence-electron chi connectivity index (χ1n) is 11.7. The number of fused-ring (bicyclic) bond motifs is 1. The Morgan fingerprint density at radius 1 is 1.10 bits per heavy atom. The zero-order valence-electron chi connectivity index (χ0n) is 19.5. The van der Waals surface area contributed by atoms with E-state index in [1.54, 1.807) is 0 Å². The molecule has 170 valence electrons. The topological polar surface area (TPSA) is 78.6 Å². The largest absolute Gasteiger partial charge is 0.466 e. The Morgan fingerprint density at radius 2 is 1.80 bits per heavy atom. The molecule has 3 rings (SSSR count). The number of rotatable bonds is 5. The highest BCUT2D eigenvalue weighted by atomic mass is 16.5. The lowest BCUT2D eigenvalue weighted by Crippen LogP contribution is -2.52.